The van der Waals surface area contributed by atoms with Crippen molar-refractivity contribution in [2.75, 3.05) is 6.61 Å². The standard InChI is InChI=1S/C12H13BrO2/c13-12-4-3-11(7-10(12)8-14)15-6-5-9-1-2-9/h3-4,7-9H,1-2,5-6H2. The third-order valence-electron chi connectivity index (χ3n) is 2.59. The summed E-state index contributed by atoms with van der Waals surface area (Å²) in [6, 6.07) is 5.49. The summed E-state index contributed by atoms with van der Waals surface area (Å²) >= 11 is 3.31. The van der Waals surface area contributed by atoms with Gasteiger partial charge in [-0.3, -0.25) is 4.79 Å². The molecule has 0 saturated heterocycles. The third-order valence-corrected chi connectivity index (χ3v) is 3.31. The number of aldehydes is 1. The Morgan fingerprint density at radius 2 is 2.27 bits per heavy atom. The van der Waals surface area contributed by atoms with E-state index in [1.807, 2.05) is 12.1 Å². The molecule has 1 aliphatic carbocycles. The molecular weight excluding hydrogens is 256 g/mol. The summed E-state index contributed by atoms with van der Waals surface area (Å²) in [4.78, 5) is 10.7. The molecule has 0 aromatic heterocycles. The molecule has 0 radical (unpaired) electrons. The molecule has 1 saturated carbocycles. The normalized spacial score (nSPS) is 15.0. The van der Waals surface area contributed by atoms with Crippen LogP contribution in [-0.2, 0) is 0 Å². The first-order valence-electron chi connectivity index (χ1n) is 5.17. The minimum absolute atomic E-state index is 0.638. The van der Waals surface area contributed by atoms with Crippen LogP contribution in [0.15, 0.2) is 22.7 Å². The van der Waals surface area contributed by atoms with E-state index in [9.17, 15) is 4.79 Å². The van der Waals surface area contributed by atoms with Crippen molar-refractivity contribution in [3.8, 4) is 5.75 Å². The van der Waals surface area contributed by atoms with Crippen molar-refractivity contribution in [1.29, 1.82) is 0 Å². The number of carbonyl (C=O) groups excluding carboxylic acids is 1. The Morgan fingerprint density at radius 3 is 2.93 bits per heavy atom. The molecule has 1 fully saturated rings. The number of hydrogen-bond donors (Lipinski definition) is 0. The second-order valence-corrected chi connectivity index (χ2v) is 4.74. The van der Waals surface area contributed by atoms with Gasteiger partial charge in [0.25, 0.3) is 0 Å². The smallest absolute Gasteiger partial charge is 0.151 e. The molecule has 0 spiro atoms. The first-order chi connectivity index (χ1) is 7.29. The summed E-state index contributed by atoms with van der Waals surface area (Å²) in [6.07, 6.45) is 4.66. The maximum Gasteiger partial charge on any atom is 0.151 e. The van der Waals surface area contributed by atoms with Crippen molar-refractivity contribution < 1.29 is 9.53 Å². The minimum Gasteiger partial charge on any atom is -0.494 e. The van der Waals surface area contributed by atoms with Gasteiger partial charge in [0.15, 0.2) is 6.29 Å². The topological polar surface area (TPSA) is 26.3 Å². The van der Waals surface area contributed by atoms with Gasteiger partial charge in [-0.2, -0.15) is 0 Å². The van der Waals surface area contributed by atoms with E-state index in [1.54, 1.807) is 6.07 Å². The Balaban J connectivity index is 1.91. The molecule has 2 nitrogen and oxygen atoms in total. The lowest BCUT2D eigenvalue weighted by Crippen LogP contribution is -1.98. The van der Waals surface area contributed by atoms with Gasteiger partial charge in [-0.05, 0) is 30.5 Å². The second-order valence-electron chi connectivity index (χ2n) is 3.88. The minimum atomic E-state index is 0.638. The van der Waals surface area contributed by atoms with Crippen LogP contribution in [0.3, 0.4) is 0 Å². The summed E-state index contributed by atoms with van der Waals surface area (Å²) in [6.45, 7) is 0.755. The van der Waals surface area contributed by atoms with Gasteiger partial charge in [0.2, 0.25) is 0 Å². The Bertz CT molecular complexity index is 359. The molecule has 1 aromatic rings. The molecule has 0 bridgehead atoms. The molecule has 80 valence electrons. The molecule has 0 amide bonds. The molecule has 0 heterocycles. The first kappa shape index (κ1) is 10.7. The lowest BCUT2D eigenvalue weighted by Gasteiger charge is -2.06. The van der Waals surface area contributed by atoms with Crippen molar-refractivity contribution in [1.82, 2.24) is 0 Å². The van der Waals surface area contributed by atoms with Crippen molar-refractivity contribution >= 4 is 22.2 Å². The van der Waals surface area contributed by atoms with Crippen LogP contribution in [0.5, 0.6) is 5.75 Å². The van der Waals surface area contributed by atoms with Gasteiger partial charge in [-0.15, -0.1) is 0 Å². The van der Waals surface area contributed by atoms with E-state index in [2.05, 4.69) is 15.9 Å². The first-order valence-corrected chi connectivity index (χ1v) is 5.96. The Kier molecular flexibility index (Phi) is 3.41. The zero-order chi connectivity index (χ0) is 10.7. The summed E-state index contributed by atoms with van der Waals surface area (Å²) in [7, 11) is 0. The van der Waals surface area contributed by atoms with Crippen molar-refractivity contribution in [3.63, 3.8) is 0 Å². The Morgan fingerprint density at radius 1 is 1.47 bits per heavy atom. The molecule has 15 heavy (non-hydrogen) atoms. The van der Waals surface area contributed by atoms with Gasteiger partial charge >= 0.3 is 0 Å². The highest BCUT2D eigenvalue weighted by Crippen LogP contribution is 2.32. The van der Waals surface area contributed by atoms with Crippen LogP contribution in [-0.4, -0.2) is 12.9 Å². The molecule has 1 aromatic carbocycles. The van der Waals surface area contributed by atoms with E-state index < -0.39 is 0 Å². The van der Waals surface area contributed by atoms with Gasteiger partial charge < -0.3 is 4.74 Å². The maximum absolute atomic E-state index is 10.7. The SMILES string of the molecule is O=Cc1cc(OCCC2CC2)ccc1Br. The van der Waals surface area contributed by atoms with Crippen LogP contribution in [0, 0.1) is 5.92 Å². The molecule has 1 aliphatic rings. The highest BCUT2D eigenvalue weighted by atomic mass is 79.9. The van der Waals surface area contributed by atoms with E-state index >= 15 is 0 Å². The quantitative estimate of drug-likeness (QED) is 0.765. The van der Waals surface area contributed by atoms with Gasteiger partial charge in [0.05, 0.1) is 6.61 Å². The number of hydrogen-bond acceptors (Lipinski definition) is 2. The third kappa shape index (κ3) is 3.06. The number of ether oxygens (including phenoxy) is 1. The van der Waals surface area contributed by atoms with Crippen molar-refractivity contribution in [2.24, 2.45) is 5.92 Å². The molecule has 3 heteroatoms. The average molecular weight is 269 g/mol. The molecule has 0 atom stereocenters. The zero-order valence-electron chi connectivity index (χ0n) is 8.41. The summed E-state index contributed by atoms with van der Waals surface area (Å²) in [5, 5.41) is 0. The van der Waals surface area contributed by atoms with Gasteiger partial charge in [0.1, 0.15) is 5.75 Å². The second kappa shape index (κ2) is 4.79. The van der Waals surface area contributed by atoms with Crippen molar-refractivity contribution in [2.45, 2.75) is 19.3 Å². The summed E-state index contributed by atoms with van der Waals surface area (Å²) < 4.78 is 6.39. The fourth-order valence-corrected chi connectivity index (χ4v) is 1.79. The summed E-state index contributed by atoms with van der Waals surface area (Å²) in [5.41, 5.74) is 0.638. The number of benzene rings is 1. The van der Waals surface area contributed by atoms with Crippen molar-refractivity contribution in [3.05, 3.63) is 28.2 Å². The van der Waals surface area contributed by atoms with Crippen LogP contribution in [0.2, 0.25) is 0 Å². The number of rotatable bonds is 5. The van der Waals surface area contributed by atoms with Crippen LogP contribution in [0.1, 0.15) is 29.6 Å². The molecule has 2 rings (SSSR count). The summed E-state index contributed by atoms with van der Waals surface area (Å²) in [5.74, 6) is 1.66. The molecular formula is C12H13BrO2. The maximum atomic E-state index is 10.7. The van der Waals surface area contributed by atoms with Gasteiger partial charge in [0, 0.05) is 10.0 Å². The predicted molar refractivity (Wildman–Crippen MR) is 62.4 cm³/mol. The van der Waals surface area contributed by atoms with Gasteiger partial charge in [-0.25, -0.2) is 0 Å². The van der Waals surface area contributed by atoms with E-state index in [0.717, 1.165) is 35.5 Å². The predicted octanol–water partition coefficient (Wildman–Crippen LogP) is 3.44. The monoisotopic (exact) mass is 268 g/mol. The Labute approximate surface area is 97.8 Å². The number of halogens is 1. The van der Waals surface area contributed by atoms with Crippen LogP contribution in [0.4, 0.5) is 0 Å². The van der Waals surface area contributed by atoms with Crippen LogP contribution in [0.25, 0.3) is 0 Å². The average Bonchev–Trinajstić information content (AvgIpc) is 3.04. The van der Waals surface area contributed by atoms with E-state index in [-0.39, 0.29) is 0 Å². The fraction of sp³-hybridized carbons (Fsp3) is 0.417. The van der Waals surface area contributed by atoms with E-state index in [1.165, 1.54) is 12.8 Å². The Hall–Kier alpha value is -0.830. The fourth-order valence-electron chi connectivity index (χ4n) is 1.45. The largest absolute Gasteiger partial charge is 0.494 e. The van der Waals surface area contributed by atoms with Gasteiger partial charge in [-0.1, -0.05) is 28.8 Å². The molecule has 0 aliphatic heterocycles. The number of carbonyl (C=O) groups is 1. The van der Waals surface area contributed by atoms with E-state index in [4.69, 9.17) is 4.74 Å². The highest BCUT2D eigenvalue weighted by Gasteiger charge is 2.20. The molecule has 0 N–H and O–H groups in total. The zero-order valence-corrected chi connectivity index (χ0v) is 10.00. The van der Waals surface area contributed by atoms with Crippen LogP contribution >= 0.6 is 15.9 Å². The lowest BCUT2D eigenvalue weighted by molar-refractivity contribution is 0.112. The highest BCUT2D eigenvalue weighted by molar-refractivity contribution is 9.10. The van der Waals surface area contributed by atoms with E-state index in [0.29, 0.717) is 5.56 Å². The van der Waals surface area contributed by atoms with Crippen LogP contribution < -0.4 is 4.74 Å². The molecule has 0 unspecified atom stereocenters. The lowest BCUT2D eigenvalue weighted by atomic mass is 10.2.